The van der Waals surface area contributed by atoms with Crippen molar-refractivity contribution in [3.63, 3.8) is 0 Å². The van der Waals surface area contributed by atoms with Crippen molar-refractivity contribution in [1.29, 1.82) is 0 Å². The van der Waals surface area contributed by atoms with Crippen LogP contribution in [-0.2, 0) is 13.2 Å². The van der Waals surface area contributed by atoms with E-state index in [0.717, 1.165) is 21.9 Å². The van der Waals surface area contributed by atoms with Gasteiger partial charge >= 0.3 is 0 Å². The quantitative estimate of drug-likeness (QED) is 0.892. The third-order valence-corrected chi connectivity index (χ3v) is 3.30. The topological polar surface area (TPSA) is 21.3 Å². The van der Waals surface area contributed by atoms with E-state index in [0.29, 0.717) is 13.2 Å². The van der Waals surface area contributed by atoms with Gasteiger partial charge in [-0.3, -0.25) is 0 Å². The predicted molar refractivity (Wildman–Crippen MR) is 79.7 cm³/mol. The lowest BCUT2D eigenvalue weighted by Gasteiger charge is -2.13. The molecule has 0 fully saturated rings. The van der Waals surface area contributed by atoms with Gasteiger partial charge in [0.05, 0.1) is 0 Å². The van der Waals surface area contributed by atoms with Crippen molar-refractivity contribution in [2.24, 2.45) is 0 Å². The lowest BCUT2D eigenvalue weighted by molar-refractivity contribution is 0.302. The first kappa shape index (κ1) is 13.9. The van der Waals surface area contributed by atoms with Crippen molar-refractivity contribution < 1.29 is 4.74 Å². The SMILES string of the molecule is CNCc1c(Cl)cccc1OCc1ccc(C)cc1. The molecule has 0 aliphatic rings. The van der Waals surface area contributed by atoms with Crippen LogP contribution in [0.3, 0.4) is 0 Å². The van der Waals surface area contributed by atoms with Crippen LogP contribution >= 0.6 is 11.6 Å². The molecule has 0 aromatic heterocycles. The molecular weight excluding hydrogens is 258 g/mol. The van der Waals surface area contributed by atoms with Gasteiger partial charge < -0.3 is 10.1 Å². The molecule has 2 aromatic carbocycles. The summed E-state index contributed by atoms with van der Waals surface area (Å²) in [5.74, 6) is 0.836. The van der Waals surface area contributed by atoms with E-state index < -0.39 is 0 Å². The summed E-state index contributed by atoms with van der Waals surface area (Å²) in [6, 6.07) is 14.1. The molecule has 0 amide bonds. The Kier molecular flexibility index (Phi) is 4.83. The van der Waals surface area contributed by atoms with E-state index in [-0.39, 0.29) is 0 Å². The highest BCUT2D eigenvalue weighted by Gasteiger charge is 2.07. The van der Waals surface area contributed by atoms with Crippen LogP contribution in [0.25, 0.3) is 0 Å². The summed E-state index contributed by atoms with van der Waals surface area (Å²) in [6.07, 6.45) is 0. The van der Waals surface area contributed by atoms with Crippen molar-refractivity contribution in [3.8, 4) is 5.75 Å². The molecule has 19 heavy (non-hydrogen) atoms. The molecule has 0 aliphatic heterocycles. The first-order valence-corrected chi connectivity index (χ1v) is 6.69. The first-order chi connectivity index (χ1) is 9.20. The number of benzene rings is 2. The highest BCUT2D eigenvalue weighted by Crippen LogP contribution is 2.27. The average molecular weight is 276 g/mol. The van der Waals surface area contributed by atoms with Crippen LogP contribution in [0.1, 0.15) is 16.7 Å². The van der Waals surface area contributed by atoms with Gasteiger partial charge in [0.2, 0.25) is 0 Å². The lowest BCUT2D eigenvalue weighted by Crippen LogP contribution is -2.08. The summed E-state index contributed by atoms with van der Waals surface area (Å²) >= 11 is 6.19. The number of ether oxygens (including phenoxy) is 1. The van der Waals surface area contributed by atoms with Crippen molar-refractivity contribution in [2.75, 3.05) is 7.05 Å². The number of hydrogen-bond donors (Lipinski definition) is 1. The number of hydrogen-bond acceptors (Lipinski definition) is 2. The molecule has 100 valence electrons. The van der Waals surface area contributed by atoms with Crippen LogP contribution in [0.2, 0.25) is 5.02 Å². The molecule has 0 saturated carbocycles. The Morgan fingerprint density at radius 3 is 2.53 bits per heavy atom. The Hall–Kier alpha value is -1.51. The Morgan fingerprint density at radius 1 is 1.11 bits per heavy atom. The second-order valence-electron chi connectivity index (χ2n) is 4.52. The van der Waals surface area contributed by atoms with Crippen molar-refractivity contribution in [2.45, 2.75) is 20.1 Å². The Bertz CT molecular complexity index is 537. The molecule has 0 radical (unpaired) electrons. The fourth-order valence-corrected chi connectivity index (χ4v) is 2.10. The third kappa shape index (κ3) is 3.72. The van der Waals surface area contributed by atoms with Gasteiger partial charge in [0, 0.05) is 17.1 Å². The van der Waals surface area contributed by atoms with E-state index in [1.807, 2.05) is 25.2 Å². The average Bonchev–Trinajstić information content (AvgIpc) is 2.41. The Labute approximate surface area is 119 Å². The summed E-state index contributed by atoms with van der Waals surface area (Å²) in [5, 5.41) is 3.84. The molecule has 2 rings (SSSR count). The zero-order valence-electron chi connectivity index (χ0n) is 11.2. The number of nitrogens with one attached hydrogen (secondary N) is 1. The van der Waals surface area contributed by atoms with E-state index in [4.69, 9.17) is 16.3 Å². The normalized spacial score (nSPS) is 10.5. The monoisotopic (exact) mass is 275 g/mol. The summed E-state index contributed by atoms with van der Waals surface area (Å²) in [6.45, 7) is 3.33. The van der Waals surface area contributed by atoms with Crippen LogP contribution in [-0.4, -0.2) is 7.05 Å². The maximum absolute atomic E-state index is 6.19. The maximum Gasteiger partial charge on any atom is 0.125 e. The molecule has 0 heterocycles. The highest BCUT2D eigenvalue weighted by molar-refractivity contribution is 6.31. The molecule has 2 aromatic rings. The van der Waals surface area contributed by atoms with Gasteiger partial charge in [-0.05, 0) is 31.7 Å². The number of aryl methyl sites for hydroxylation is 1. The minimum atomic E-state index is 0.553. The molecule has 0 atom stereocenters. The zero-order chi connectivity index (χ0) is 13.7. The summed E-state index contributed by atoms with van der Waals surface area (Å²) in [7, 11) is 1.90. The highest BCUT2D eigenvalue weighted by atomic mass is 35.5. The van der Waals surface area contributed by atoms with Gasteiger partial charge in [-0.2, -0.15) is 0 Å². The van der Waals surface area contributed by atoms with Crippen LogP contribution in [0.15, 0.2) is 42.5 Å². The summed E-state index contributed by atoms with van der Waals surface area (Å²) < 4.78 is 5.87. The van der Waals surface area contributed by atoms with Gasteiger partial charge in [0.15, 0.2) is 0 Å². The zero-order valence-corrected chi connectivity index (χ0v) is 12.0. The van der Waals surface area contributed by atoms with Gasteiger partial charge in [-0.1, -0.05) is 47.5 Å². The van der Waals surface area contributed by atoms with Gasteiger partial charge in [0.1, 0.15) is 12.4 Å². The van der Waals surface area contributed by atoms with E-state index >= 15 is 0 Å². The molecule has 0 saturated heterocycles. The van der Waals surface area contributed by atoms with E-state index in [1.165, 1.54) is 5.56 Å². The van der Waals surface area contributed by atoms with Crippen LogP contribution in [0.5, 0.6) is 5.75 Å². The van der Waals surface area contributed by atoms with E-state index in [1.54, 1.807) is 0 Å². The molecule has 0 aliphatic carbocycles. The van der Waals surface area contributed by atoms with Crippen LogP contribution in [0, 0.1) is 6.92 Å². The van der Waals surface area contributed by atoms with E-state index in [2.05, 4.69) is 36.5 Å². The largest absolute Gasteiger partial charge is 0.489 e. The van der Waals surface area contributed by atoms with Crippen LogP contribution in [0.4, 0.5) is 0 Å². The fraction of sp³-hybridized carbons (Fsp3) is 0.250. The standard InChI is InChI=1S/C16H18ClNO/c1-12-6-8-13(9-7-12)11-19-16-5-3-4-15(17)14(16)10-18-2/h3-9,18H,10-11H2,1-2H3. The van der Waals surface area contributed by atoms with Crippen LogP contribution < -0.4 is 10.1 Å². The minimum Gasteiger partial charge on any atom is -0.489 e. The molecule has 0 unspecified atom stereocenters. The minimum absolute atomic E-state index is 0.553. The first-order valence-electron chi connectivity index (χ1n) is 6.31. The maximum atomic E-state index is 6.19. The van der Waals surface area contributed by atoms with E-state index in [9.17, 15) is 0 Å². The fourth-order valence-electron chi connectivity index (χ4n) is 1.87. The number of halogens is 1. The molecule has 3 heteroatoms. The lowest BCUT2D eigenvalue weighted by atomic mass is 10.1. The van der Waals surface area contributed by atoms with Crippen molar-refractivity contribution in [3.05, 3.63) is 64.2 Å². The van der Waals surface area contributed by atoms with Crippen molar-refractivity contribution in [1.82, 2.24) is 5.32 Å². The predicted octanol–water partition coefficient (Wildman–Crippen LogP) is 3.95. The molecule has 0 spiro atoms. The Morgan fingerprint density at radius 2 is 1.84 bits per heavy atom. The summed E-state index contributed by atoms with van der Waals surface area (Å²) in [4.78, 5) is 0. The molecule has 0 bridgehead atoms. The molecule has 2 nitrogen and oxygen atoms in total. The Balaban J connectivity index is 2.10. The third-order valence-electron chi connectivity index (χ3n) is 2.94. The molecule has 1 N–H and O–H groups in total. The smallest absolute Gasteiger partial charge is 0.125 e. The second kappa shape index (κ2) is 6.60. The second-order valence-corrected chi connectivity index (χ2v) is 4.93. The summed E-state index contributed by atoms with van der Waals surface area (Å²) in [5.41, 5.74) is 3.40. The number of rotatable bonds is 5. The van der Waals surface area contributed by atoms with Gasteiger partial charge in [0.25, 0.3) is 0 Å². The van der Waals surface area contributed by atoms with Crippen molar-refractivity contribution >= 4 is 11.6 Å². The molecular formula is C16H18ClNO. The van der Waals surface area contributed by atoms with Gasteiger partial charge in [-0.15, -0.1) is 0 Å². The van der Waals surface area contributed by atoms with Gasteiger partial charge in [-0.25, -0.2) is 0 Å².